The fourth-order valence-corrected chi connectivity index (χ4v) is 3.06. The topological polar surface area (TPSA) is 67.3 Å². The highest BCUT2D eigenvalue weighted by Crippen LogP contribution is 2.30. The molecule has 1 aliphatic heterocycles. The van der Waals surface area contributed by atoms with E-state index in [2.05, 4.69) is 24.9 Å². The molecule has 0 aliphatic carbocycles. The Morgan fingerprint density at radius 3 is 2.69 bits per heavy atom. The summed E-state index contributed by atoms with van der Waals surface area (Å²) in [4.78, 5) is 22.8. The molecule has 138 valence electrons. The molecule has 1 amide bonds. The maximum absolute atomic E-state index is 12.4. The highest BCUT2D eigenvalue weighted by molar-refractivity contribution is 6.32. The molecule has 26 heavy (non-hydrogen) atoms. The lowest BCUT2D eigenvalue weighted by Crippen LogP contribution is -2.38. The van der Waals surface area contributed by atoms with E-state index in [-0.39, 0.29) is 22.6 Å². The van der Waals surface area contributed by atoms with Crippen LogP contribution in [0.2, 0.25) is 5.02 Å². The number of alkyl halides is 2. The van der Waals surface area contributed by atoms with Crippen molar-refractivity contribution in [2.45, 2.75) is 19.5 Å². The van der Waals surface area contributed by atoms with Crippen LogP contribution >= 0.6 is 11.6 Å². The van der Waals surface area contributed by atoms with Crippen LogP contribution in [0, 0.1) is 5.92 Å². The van der Waals surface area contributed by atoms with Gasteiger partial charge in [0, 0.05) is 37.1 Å². The second-order valence-electron chi connectivity index (χ2n) is 5.84. The number of rotatable bonds is 5. The maximum Gasteiger partial charge on any atom is 0.387 e. The number of benzene rings is 1. The van der Waals surface area contributed by atoms with E-state index < -0.39 is 6.61 Å². The zero-order valence-corrected chi connectivity index (χ0v) is 14.5. The van der Waals surface area contributed by atoms with Crippen molar-refractivity contribution >= 4 is 29.0 Å². The molecule has 6 nitrogen and oxygen atoms in total. The fraction of sp³-hybridized carbons (Fsp3) is 0.353. The summed E-state index contributed by atoms with van der Waals surface area (Å²) >= 11 is 5.90. The second-order valence-corrected chi connectivity index (χ2v) is 6.25. The minimum Gasteiger partial charge on any atom is -0.433 e. The number of halogens is 3. The van der Waals surface area contributed by atoms with Crippen molar-refractivity contribution in [1.82, 2.24) is 9.97 Å². The molecular formula is C17H17ClF2N4O2. The van der Waals surface area contributed by atoms with Gasteiger partial charge in [0.2, 0.25) is 5.91 Å². The first-order chi connectivity index (χ1) is 12.5. The summed E-state index contributed by atoms with van der Waals surface area (Å²) in [5, 5.41) is 2.79. The average molecular weight is 383 g/mol. The number of piperidine rings is 1. The Bertz CT molecular complexity index is 756. The Balaban J connectivity index is 1.55. The van der Waals surface area contributed by atoms with Crippen LogP contribution in [-0.4, -0.2) is 35.6 Å². The summed E-state index contributed by atoms with van der Waals surface area (Å²) in [5.74, 6) is 0.408. The van der Waals surface area contributed by atoms with E-state index in [0.717, 1.165) is 5.82 Å². The number of carbonyl (C=O) groups excluding carboxylic acids is 1. The Labute approximate surface area is 154 Å². The van der Waals surface area contributed by atoms with E-state index in [1.54, 1.807) is 18.6 Å². The minimum atomic E-state index is -2.95. The monoisotopic (exact) mass is 382 g/mol. The summed E-state index contributed by atoms with van der Waals surface area (Å²) in [5.41, 5.74) is 0.443. The third-order valence-electron chi connectivity index (χ3n) is 4.15. The molecule has 1 aliphatic rings. The summed E-state index contributed by atoms with van der Waals surface area (Å²) in [6.07, 6.45) is 6.32. The van der Waals surface area contributed by atoms with Gasteiger partial charge in [-0.15, -0.1) is 0 Å². The highest BCUT2D eigenvalue weighted by Gasteiger charge is 2.26. The van der Waals surface area contributed by atoms with E-state index in [4.69, 9.17) is 11.6 Å². The van der Waals surface area contributed by atoms with Gasteiger partial charge in [0.15, 0.2) is 0 Å². The molecule has 0 spiro atoms. The number of hydrogen-bond donors (Lipinski definition) is 1. The zero-order chi connectivity index (χ0) is 18.5. The largest absolute Gasteiger partial charge is 0.433 e. The van der Waals surface area contributed by atoms with Crippen molar-refractivity contribution in [3.63, 3.8) is 0 Å². The van der Waals surface area contributed by atoms with Crippen LogP contribution in [0.3, 0.4) is 0 Å². The van der Waals surface area contributed by atoms with Crippen LogP contribution < -0.4 is 15.0 Å². The smallest absolute Gasteiger partial charge is 0.387 e. The maximum atomic E-state index is 12.4. The number of carbonyl (C=O) groups is 1. The Hall–Kier alpha value is -2.48. The molecule has 1 aromatic carbocycles. The molecule has 0 radical (unpaired) electrons. The van der Waals surface area contributed by atoms with E-state index in [0.29, 0.717) is 31.6 Å². The second kappa shape index (κ2) is 8.27. The van der Waals surface area contributed by atoms with Crippen molar-refractivity contribution in [2.75, 3.05) is 23.3 Å². The molecule has 1 fully saturated rings. The molecule has 0 unspecified atom stereocenters. The van der Waals surface area contributed by atoms with Gasteiger partial charge in [0.05, 0.1) is 11.2 Å². The lowest BCUT2D eigenvalue weighted by Gasteiger charge is -2.31. The van der Waals surface area contributed by atoms with Gasteiger partial charge in [-0.3, -0.25) is 9.78 Å². The van der Waals surface area contributed by atoms with Crippen LogP contribution in [0.5, 0.6) is 5.75 Å². The van der Waals surface area contributed by atoms with E-state index in [1.807, 2.05) is 0 Å². The van der Waals surface area contributed by atoms with Crippen molar-refractivity contribution in [3.05, 3.63) is 41.8 Å². The molecule has 2 aromatic rings. The van der Waals surface area contributed by atoms with Crippen LogP contribution in [-0.2, 0) is 4.79 Å². The van der Waals surface area contributed by atoms with Crippen LogP contribution in [0.25, 0.3) is 0 Å². The molecule has 0 saturated carbocycles. The van der Waals surface area contributed by atoms with Gasteiger partial charge in [0.1, 0.15) is 11.6 Å². The Kier molecular flexibility index (Phi) is 5.82. The van der Waals surface area contributed by atoms with Crippen LogP contribution in [0.4, 0.5) is 20.3 Å². The minimum absolute atomic E-state index is 0.0144. The van der Waals surface area contributed by atoms with Crippen LogP contribution in [0.1, 0.15) is 12.8 Å². The van der Waals surface area contributed by atoms with Gasteiger partial charge in [-0.25, -0.2) is 4.98 Å². The summed E-state index contributed by atoms with van der Waals surface area (Å²) in [6, 6.07) is 4.18. The third-order valence-corrected chi connectivity index (χ3v) is 4.45. The molecule has 1 saturated heterocycles. The number of aromatic nitrogens is 2. The highest BCUT2D eigenvalue weighted by atomic mass is 35.5. The molecule has 3 rings (SSSR count). The molecule has 0 atom stereocenters. The normalized spacial score (nSPS) is 15.2. The number of nitrogens with zero attached hydrogens (tertiary/aromatic N) is 3. The van der Waals surface area contributed by atoms with Crippen molar-refractivity contribution in [2.24, 2.45) is 5.92 Å². The van der Waals surface area contributed by atoms with Crippen molar-refractivity contribution < 1.29 is 18.3 Å². The molecule has 2 heterocycles. The number of ether oxygens (including phenoxy) is 1. The van der Waals surface area contributed by atoms with Gasteiger partial charge in [-0.1, -0.05) is 11.6 Å². The molecule has 0 bridgehead atoms. The predicted octanol–water partition coefficient (Wildman–Crippen LogP) is 3.59. The standard InChI is InChI=1S/C17H17ClF2N4O2/c18-13-9-12(1-2-14(13)26-17(19)20)23-16(25)11-3-7-24(8-4-11)15-10-21-5-6-22-15/h1-2,5-6,9-11,17H,3-4,7-8H2,(H,23,25). The molecule has 1 N–H and O–H groups in total. The first kappa shape index (κ1) is 18.3. The lowest BCUT2D eigenvalue weighted by atomic mass is 9.96. The fourth-order valence-electron chi connectivity index (χ4n) is 2.84. The first-order valence-electron chi connectivity index (χ1n) is 8.09. The van der Waals surface area contributed by atoms with Gasteiger partial charge in [0.25, 0.3) is 0 Å². The first-order valence-corrected chi connectivity index (χ1v) is 8.47. The van der Waals surface area contributed by atoms with E-state index in [1.165, 1.54) is 18.2 Å². The SMILES string of the molecule is O=C(Nc1ccc(OC(F)F)c(Cl)c1)C1CCN(c2cnccn2)CC1. The Morgan fingerprint density at radius 1 is 1.31 bits per heavy atom. The number of amides is 1. The zero-order valence-electron chi connectivity index (χ0n) is 13.7. The van der Waals surface area contributed by atoms with Gasteiger partial charge in [-0.05, 0) is 31.0 Å². The molecular weight excluding hydrogens is 366 g/mol. The van der Waals surface area contributed by atoms with Crippen molar-refractivity contribution in [1.29, 1.82) is 0 Å². The van der Waals surface area contributed by atoms with E-state index >= 15 is 0 Å². The predicted molar refractivity (Wildman–Crippen MR) is 93.7 cm³/mol. The Morgan fingerprint density at radius 2 is 2.08 bits per heavy atom. The van der Waals surface area contributed by atoms with Crippen LogP contribution in [0.15, 0.2) is 36.8 Å². The quantitative estimate of drug-likeness (QED) is 0.856. The third kappa shape index (κ3) is 4.57. The lowest BCUT2D eigenvalue weighted by molar-refractivity contribution is -0.120. The summed E-state index contributed by atoms with van der Waals surface area (Å²) in [6.45, 7) is -1.54. The summed E-state index contributed by atoms with van der Waals surface area (Å²) in [7, 11) is 0. The number of hydrogen-bond acceptors (Lipinski definition) is 5. The van der Waals surface area contributed by atoms with Crippen molar-refractivity contribution in [3.8, 4) is 5.75 Å². The molecule has 9 heteroatoms. The number of nitrogens with one attached hydrogen (secondary N) is 1. The number of anilines is 2. The van der Waals surface area contributed by atoms with E-state index in [9.17, 15) is 13.6 Å². The molecule has 1 aromatic heterocycles. The van der Waals surface area contributed by atoms with Gasteiger partial charge >= 0.3 is 6.61 Å². The summed E-state index contributed by atoms with van der Waals surface area (Å²) < 4.78 is 28.8. The average Bonchev–Trinajstić information content (AvgIpc) is 2.64. The van der Waals surface area contributed by atoms with Gasteiger partial charge in [-0.2, -0.15) is 8.78 Å². The van der Waals surface area contributed by atoms with Gasteiger partial charge < -0.3 is 15.0 Å².